The molecule has 1 heterocycles. The van der Waals surface area contributed by atoms with Crippen molar-refractivity contribution in [2.24, 2.45) is 11.1 Å². The summed E-state index contributed by atoms with van der Waals surface area (Å²) >= 11 is 2.15. The monoisotopic (exact) mass is 619 g/mol. The molecule has 4 rings (SSSR count). The van der Waals surface area contributed by atoms with E-state index in [0.29, 0.717) is 13.1 Å². The Kier molecular flexibility index (Phi) is 11.3. The van der Waals surface area contributed by atoms with Crippen molar-refractivity contribution in [2.45, 2.75) is 39.7 Å². The van der Waals surface area contributed by atoms with Gasteiger partial charge in [-0.25, -0.2) is 0 Å². The van der Waals surface area contributed by atoms with Crippen molar-refractivity contribution >= 4 is 65.6 Å². The molecular formula is C29H38IN3O2S. The van der Waals surface area contributed by atoms with Gasteiger partial charge >= 0.3 is 0 Å². The molecule has 2 aromatic carbocycles. The lowest BCUT2D eigenvalue weighted by Crippen LogP contribution is -2.52. The lowest BCUT2D eigenvalue weighted by molar-refractivity contribution is -0.133. The van der Waals surface area contributed by atoms with Gasteiger partial charge in [0.05, 0.1) is 0 Å². The molecule has 0 aromatic heterocycles. The minimum atomic E-state index is -0.728. The van der Waals surface area contributed by atoms with Crippen LogP contribution in [-0.2, 0) is 9.59 Å². The van der Waals surface area contributed by atoms with Crippen molar-refractivity contribution in [1.29, 1.82) is 0 Å². The Labute approximate surface area is 236 Å². The van der Waals surface area contributed by atoms with Crippen LogP contribution < -0.4 is 11.1 Å². The van der Waals surface area contributed by atoms with Crippen LogP contribution in [0.25, 0.3) is 17.7 Å². The number of alkyl halides is 1. The SMILES string of the molecule is CC(C)(C)C(=O)NC[C@H](N)C(=O)N1CCC(=C2c3ccccc3C=Cc3ccccc32)CC1.CI.S. The topological polar surface area (TPSA) is 75.4 Å². The predicted octanol–water partition coefficient (Wildman–Crippen LogP) is 5.25. The number of carbonyl (C=O) groups is 2. The lowest BCUT2D eigenvalue weighted by atomic mass is 9.86. The number of hydrogen-bond donors (Lipinski definition) is 2. The number of rotatable bonds is 3. The molecule has 0 unspecified atom stereocenters. The summed E-state index contributed by atoms with van der Waals surface area (Å²) in [5.41, 5.74) is 13.2. The van der Waals surface area contributed by atoms with Gasteiger partial charge in [0.15, 0.2) is 0 Å². The Morgan fingerprint density at radius 3 is 1.89 bits per heavy atom. The van der Waals surface area contributed by atoms with Crippen molar-refractivity contribution in [3.8, 4) is 0 Å². The molecule has 194 valence electrons. The molecule has 2 amide bonds. The molecule has 0 bridgehead atoms. The summed E-state index contributed by atoms with van der Waals surface area (Å²) < 4.78 is 0. The van der Waals surface area contributed by atoms with Crippen LogP contribution in [0, 0.1) is 5.41 Å². The molecule has 0 radical (unpaired) electrons. The highest BCUT2D eigenvalue weighted by molar-refractivity contribution is 14.1. The third kappa shape index (κ3) is 7.01. The maximum absolute atomic E-state index is 12.9. The molecule has 5 nitrogen and oxygen atoms in total. The third-order valence-corrected chi connectivity index (χ3v) is 6.42. The van der Waals surface area contributed by atoms with Gasteiger partial charge in [-0.05, 0) is 45.6 Å². The fourth-order valence-electron chi connectivity index (χ4n) is 4.48. The van der Waals surface area contributed by atoms with Gasteiger partial charge < -0.3 is 16.0 Å². The number of piperidine rings is 1. The molecule has 1 aliphatic heterocycles. The molecule has 1 aliphatic carbocycles. The third-order valence-electron chi connectivity index (χ3n) is 6.42. The number of benzene rings is 2. The van der Waals surface area contributed by atoms with Crippen molar-refractivity contribution in [2.75, 3.05) is 24.6 Å². The summed E-state index contributed by atoms with van der Waals surface area (Å²) in [6.45, 7) is 6.95. The van der Waals surface area contributed by atoms with Crippen LogP contribution in [0.2, 0.25) is 0 Å². The molecule has 2 aromatic rings. The Balaban J connectivity index is 0.00000148. The van der Waals surface area contributed by atoms with Crippen molar-refractivity contribution in [3.05, 3.63) is 76.4 Å². The number of nitrogens with two attached hydrogens (primary N) is 1. The fraction of sp³-hybridized carbons (Fsp3) is 0.379. The Bertz CT molecular complexity index is 1080. The zero-order valence-electron chi connectivity index (χ0n) is 21.6. The summed E-state index contributed by atoms with van der Waals surface area (Å²) in [6.07, 6.45) is 5.99. The smallest absolute Gasteiger partial charge is 0.241 e. The average molecular weight is 620 g/mol. The quantitative estimate of drug-likeness (QED) is 0.311. The number of fused-ring (bicyclic) bond motifs is 2. The highest BCUT2D eigenvalue weighted by Gasteiger charge is 2.28. The Morgan fingerprint density at radius 2 is 1.42 bits per heavy atom. The van der Waals surface area contributed by atoms with E-state index >= 15 is 0 Å². The van der Waals surface area contributed by atoms with Crippen LogP contribution in [0.1, 0.15) is 55.9 Å². The number of likely N-dealkylation sites (tertiary alicyclic amines) is 1. The Morgan fingerprint density at radius 1 is 0.944 bits per heavy atom. The minimum Gasteiger partial charge on any atom is -0.354 e. The Hall–Kier alpha value is -2.10. The van der Waals surface area contributed by atoms with E-state index in [1.54, 1.807) is 0 Å². The van der Waals surface area contributed by atoms with E-state index in [2.05, 4.69) is 88.6 Å². The highest BCUT2D eigenvalue weighted by atomic mass is 127. The minimum absolute atomic E-state index is 0. The van der Waals surface area contributed by atoms with E-state index in [1.165, 1.54) is 33.4 Å². The molecule has 0 spiro atoms. The van der Waals surface area contributed by atoms with E-state index in [9.17, 15) is 9.59 Å². The van der Waals surface area contributed by atoms with E-state index in [0.717, 1.165) is 12.8 Å². The first-order chi connectivity index (χ1) is 16.8. The van der Waals surface area contributed by atoms with Crippen LogP contribution >= 0.6 is 36.1 Å². The second-order valence-corrected chi connectivity index (χ2v) is 9.88. The fourth-order valence-corrected chi connectivity index (χ4v) is 4.48. The molecule has 2 aliphatic rings. The number of amides is 2. The summed E-state index contributed by atoms with van der Waals surface area (Å²) in [6, 6.07) is 16.3. The van der Waals surface area contributed by atoms with E-state index in [-0.39, 0.29) is 31.9 Å². The number of hydrogen-bond acceptors (Lipinski definition) is 3. The van der Waals surface area contributed by atoms with Gasteiger partial charge in [-0.2, -0.15) is 13.5 Å². The van der Waals surface area contributed by atoms with Crippen LogP contribution in [0.5, 0.6) is 0 Å². The number of halogens is 1. The van der Waals surface area contributed by atoms with Gasteiger partial charge in [-0.1, -0.05) is 110 Å². The summed E-state index contributed by atoms with van der Waals surface area (Å²) in [7, 11) is 0. The molecular weight excluding hydrogens is 581 g/mol. The van der Waals surface area contributed by atoms with Crippen LogP contribution in [0.4, 0.5) is 0 Å². The molecule has 1 atom stereocenters. The number of carbonyl (C=O) groups excluding carboxylic acids is 2. The highest BCUT2D eigenvalue weighted by Crippen LogP contribution is 2.38. The zero-order chi connectivity index (χ0) is 25.6. The predicted molar refractivity (Wildman–Crippen MR) is 164 cm³/mol. The summed E-state index contributed by atoms with van der Waals surface area (Å²) in [5.74, 6) is -0.202. The largest absolute Gasteiger partial charge is 0.354 e. The van der Waals surface area contributed by atoms with Crippen LogP contribution in [0.15, 0.2) is 54.1 Å². The van der Waals surface area contributed by atoms with Gasteiger partial charge in [0.25, 0.3) is 0 Å². The average Bonchev–Trinajstić information content (AvgIpc) is 3.04. The van der Waals surface area contributed by atoms with Crippen LogP contribution in [-0.4, -0.2) is 47.3 Å². The van der Waals surface area contributed by atoms with Crippen LogP contribution in [0.3, 0.4) is 0 Å². The maximum Gasteiger partial charge on any atom is 0.241 e. The molecule has 1 saturated heterocycles. The van der Waals surface area contributed by atoms with E-state index in [1.807, 2.05) is 30.6 Å². The van der Waals surface area contributed by atoms with Gasteiger partial charge in [-0.15, -0.1) is 0 Å². The molecule has 7 heteroatoms. The number of nitrogens with one attached hydrogen (secondary N) is 1. The normalized spacial score (nSPS) is 15.3. The standard InChI is InChI=1S/C28H33N3O2.CH3I.H2S/c1-28(2,3)27(33)30-18-24(29)26(32)31-16-14-21(15-17-31)25-22-10-6-4-8-19(22)12-13-20-9-5-7-11-23(20)25;1-2;/h4-13,24H,14-18,29H2,1-3H3,(H,30,33);1H3;1H2/t24-;;/m0../s1. The maximum atomic E-state index is 12.9. The van der Waals surface area contributed by atoms with Crippen molar-refractivity contribution in [3.63, 3.8) is 0 Å². The summed E-state index contributed by atoms with van der Waals surface area (Å²) in [5, 5.41) is 2.80. The zero-order valence-corrected chi connectivity index (χ0v) is 24.8. The second kappa shape index (κ2) is 13.4. The van der Waals surface area contributed by atoms with Crippen molar-refractivity contribution in [1.82, 2.24) is 10.2 Å². The lowest BCUT2D eigenvalue weighted by Gasteiger charge is -2.32. The summed E-state index contributed by atoms with van der Waals surface area (Å²) in [4.78, 5) is 28.8. The van der Waals surface area contributed by atoms with Gasteiger partial charge in [0, 0.05) is 25.0 Å². The van der Waals surface area contributed by atoms with Gasteiger partial charge in [0.1, 0.15) is 6.04 Å². The molecule has 0 saturated carbocycles. The van der Waals surface area contributed by atoms with E-state index in [4.69, 9.17) is 5.73 Å². The first-order valence-corrected chi connectivity index (χ1v) is 14.2. The first-order valence-electron chi connectivity index (χ1n) is 12.0. The van der Waals surface area contributed by atoms with E-state index < -0.39 is 11.5 Å². The molecule has 3 N–H and O–H groups in total. The first kappa shape index (κ1) is 30.1. The second-order valence-electron chi connectivity index (χ2n) is 9.88. The molecule has 36 heavy (non-hydrogen) atoms. The number of nitrogens with zero attached hydrogens (tertiary/aromatic N) is 1. The van der Waals surface area contributed by atoms with Gasteiger partial charge in [-0.3, -0.25) is 9.59 Å². The molecule has 1 fully saturated rings. The van der Waals surface area contributed by atoms with Gasteiger partial charge in [0.2, 0.25) is 11.8 Å². The van der Waals surface area contributed by atoms with Crippen molar-refractivity contribution < 1.29 is 9.59 Å².